The molecule has 4 aromatic carbocycles. The number of amides is 1. The molecule has 1 amide bonds. The maximum atomic E-state index is 12.9. The van der Waals surface area contributed by atoms with Gasteiger partial charge in [-0.15, -0.1) is 0 Å². The third kappa shape index (κ3) is 8.59. The Morgan fingerprint density at radius 3 is 1.93 bits per heavy atom. The van der Waals surface area contributed by atoms with E-state index >= 15 is 0 Å². The van der Waals surface area contributed by atoms with Crippen molar-refractivity contribution in [3.63, 3.8) is 0 Å². The van der Waals surface area contributed by atoms with Crippen molar-refractivity contribution in [2.45, 2.75) is 20.1 Å². The molecule has 0 aliphatic carbocycles. The second kappa shape index (κ2) is 14.7. The van der Waals surface area contributed by atoms with Crippen molar-refractivity contribution in [3.05, 3.63) is 114 Å². The number of rotatable bonds is 13. The van der Waals surface area contributed by atoms with Crippen LogP contribution < -0.4 is 29.1 Å². The Morgan fingerprint density at radius 2 is 1.34 bits per heavy atom. The van der Waals surface area contributed by atoms with Crippen molar-refractivity contribution in [1.82, 2.24) is 5.43 Å². The highest BCUT2D eigenvalue weighted by molar-refractivity contribution is 5.92. The van der Waals surface area contributed by atoms with E-state index in [4.69, 9.17) is 23.7 Å². The highest BCUT2D eigenvalue weighted by atomic mass is 16.7. The second-order valence-electron chi connectivity index (χ2n) is 8.41. The minimum Gasteiger partial charge on any atom is -0.494 e. The van der Waals surface area contributed by atoms with Crippen LogP contribution in [0.4, 0.5) is 0 Å². The fourth-order valence-corrected chi connectivity index (χ4v) is 3.57. The fraction of sp³-hybridized carbons (Fsp3) is 0.156. The molecule has 0 unspecified atom stereocenters. The highest BCUT2D eigenvalue weighted by Crippen LogP contribution is 2.29. The number of hydrazone groups is 1. The molecule has 0 aliphatic rings. The first kappa shape index (κ1) is 28.7. The molecule has 0 spiro atoms. The summed E-state index contributed by atoms with van der Waals surface area (Å²) in [4.78, 5) is 25.6. The Bertz CT molecular complexity index is 1400. The topological polar surface area (TPSA) is 105 Å². The van der Waals surface area contributed by atoms with Gasteiger partial charge in [0.15, 0.2) is 11.5 Å². The molecule has 9 heteroatoms. The number of carbonyl (C=O) groups is 2. The molecule has 0 aliphatic heterocycles. The zero-order chi connectivity index (χ0) is 28.9. The molecular formula is C32H30N2O7. The average molecular weight is 555 g/mol. The van der Waals surface area contributed by atoms with Gasteiger partial charge in [-0.25, -0.2) is 10.2 Å². The van der Waals surface area contributed by atoms with Gasteiger partial charge in [0.2, 0.25) is 0 Å². The fourth-order valence-electron chi connectivity index (χ4n) is 3.57. The summed E-state index contributed by atoms with van der Waals surface area (Å²) in [5.74, 6) is 1.04. The number of ether oxygens (including phenoxy) is 5. The van der Waals surface area contributed by atoms with Crippen molar-refractivity contribution in [1.29, 1.82) is 0 Å². The maximum Gasteiger partial charge on any atom is 0.343 e. The third-order valence-corrected chi connectivity index (χ3v) is 5.45. The molecule has 0 aromatic heterocycles. The summed E-state index contributed by atoms with van der Waals surface area (Å²) in [5.41, 5.74) is 3.42. The van der Waals surface area contributed by atoms with Crippen molar-refractivity contribution in [2.24, 2.45) is 5.10 Å². The summed E-state index contributed by atoms with van der Waals surface area (Å²) >= 11 is 0. The monoisotopic (exact) mass is 554 g/mol. The first-order valence-electron chi connectivity index (χ1n) is 13.0. The zero-order valence-corrected chi connectivity index (χ0v) is 22.7. The predicted molar refractivity (Wildman–Crippen MR) is 154 cm³/mol. The summed E-state index contributed by atoms with van der Waals surface area (Å²) in [6.45, 7) is 4.58. The van der Waals surface area contributed by atoms with E-state index in [2.05, 4.69) is 10.5 Å². The van der Waals surface area contributed by atoms with Crippen LogP contribution in [0.3, 0.4) is 0 Å². The molecule has 0 bridgehead atoms. The van der Waals surface area contributed by atoms with E-state index in [1.54, 1.807) is 91.0 Å². The van der Waals surface area contributed by atoms with Gasteiger partial charge in [0.05, 0.1) is 25.0 Å². The SMILES string of the molecule is CCOc1ccc(C(=O)Oc2ccc(/C=N/NC(=O)C(Oc3ccccc3)Oc3ccccc3)cc2OCC)cc1. The van der Waals surface area contributed by atoms with Gasteiger partial charge in [-0.3, -0.25) is 4.79 Å². The Balaban J connectivity index is 1.42. The van der Waals surface area contributed by atoms with Gasteiger partial charge in [-0.05, 0) is 86.1 Å². The number of hydrogen-bond acceptors (Lipinski definition) is 8. The molecule has 1 N–H and O–H groups in total. The van der Waals surface area contributed by atoms with Crippen molar-refractivity contribution in [3.8, 4) is 28.7 Å². The summed E-state index contributed by atoms with van der Waals surface area (Å²) < 4.78 is 28.2. The number of benzene rings is 4. The molecule has 0 fully saturated rings. The number of nitrogens with zero attached hydrogens (tertiary/aromatic N) is 1. The zero-order valence-electron chi connectivity index (χ0n) is 22.7. The van der Waals surface area contributed by atoms with Crippen LogP contribution in [0.25, 0.3) is 0 Å². The largest absolute Gasteiger partial charge is 0.494 e. The molecule has 210 valence electrons. The Hall–Kier alpha value is -5.31. The Kier molecular flexibility index (Phi) is 10.3. The van der Waals surface area contributed by atoms with E-state index in [1.165, 1.54) is 6.21 Å². The van der Waals surface area contributed by atoms with Gasteiger partial charge < -0.3 is 23.7 Å². The van der Waals surface area contributed by atoms with E-state index in [9.17, 15) is 9.59 Å². The molecular weight excluding hydrogens is 524 g/mol. The van der Waals surface area contributed by atoms with Crippen LogP contribution in [0.2, 0.25) is 0 Å². The van der Waals surface area contributed by atoms with E-state index in [1.807, 2.05) is 26.0 Å². The number of nitrogens with one attached hydrogen (secondary N) is 1. The first-order valence-corrected chi connectivity index (χ1v) is 13.0. The van der Waals surface area contributed by atoms with Crippen molar-refractivity contribution < 1.29 is 33.3 Å². The van der Waals surface area contributed by atoms with E-state index in [0.717, 1.165) is 0 Å². The predicted octanol–water partition coefficient (Wildman–Crippen LogP) is 5.64. The van der Waals surface area contributed by atoms with Gasteiger partial charge in [0.1, 0.15) is 17.2 Å². The standard InChI is InChI=1S/C32H30N2O7/c1-3-37-25-18-16-24(17-19-25)31(36)41-28-20-15-23(21-29(28)38-4-2)22-33-34-30(35)32(39-26-11-7-5-8-12-26)40-27-13-9-6-10-14-27/h5-22,32H,3-4H2,1-2H3,(H,34,35)/b33-22+. The highest BCUT2D eigenvalue weighted by Gasteiger charge is 2.22. The number of hydrogen-bond donors (Lipinski definition) is 1. The molecule has 4 rings (SSSR count). The minimum absolute atomic E-state index is 0.250. The molecule has 0 saturated carbocycles. The molecule has 0 saturated heterocycles. The van der Waals surface area contributed by atoms with Gasteiger partial charge in [-0.2, -0.15) is 5.10 Å². The van der Waals surface area contributed by atoms with Crippen molar-refractivity contribution in [2.75, 3.05) is 13.2 Å². The van der Waals surface area contributed by atoms with Crippen LogP contribution in [0, 0.1) is 0 Å². The van der Waals surface area contributed by atoms with Crippen LogP contribution in [0.1, 0.15) is 29.8 Å². The number of esters is 1. The van der Waals surface area contributed by atoms with E-state index < -0.39 is 18.2 Å². The molecule has 41 heavy (non-hydrogen) atoms. The van der Waals surface area contributed by atoms with Crippen molar-refractivity contribution >= 4 is 18.1 Å². The lowest BCUT2D eigenvalue weighted by Crippen LogP contribution is -2.40. The maximum absolute atomic E-state index is 12.9. The van der Waals surface area contributed by atoms with E-state index in [-0.39, 0.29) is 5.75 Å². The Morgan fingerprint density at radius 1 is 0.732 bits per heavy atom. The lowest BCUT2D eigenvalue weighted by Gasteiger charge is -2.18. The van der Waals surface area contributed by atoms with Crippen LogP contribution in [-0.2, 0) is 4.79 Å². The number of para-hydroxylation sites is 2. The quantitative estimate of drug-likeness (QED) is 0.0750. The second-order valence-corrected chi connectivity index (χ2v) is 8.41. The van der Waals surface area contributed by atoms with Crippen LogP contribution in [0.15, 0.2) is 108 Å². The summed E-state index contributed by atoms with van der Waals surface area (Å²) in [6.07, 6.45) is 0.140. The van der Waals surface area contributed by atoms with Gasteiger partial charge in [-0.1, -0.05) is 36.4 Å². The van der Waals surface area contributed by atoms with Crippen LogP contribution >= 0.6 is 0 Å². The third-order valence-electron chi connectivity index (χ3n) is 5.45. The molecule has 0 atom stereocenters. The smallest absolute Gasteiger partial charge is 0.343 e. The molecule has 4 aromatic rings. The van der Waals surface area contributed by atoms with Crippen LogP contribution in [-0.4, -0.2) is 37.6 Å². The van der Waals surface area contributed by atoms with Gasteiger partial charge in [0.25, 0.3) is 0 Å². The molecule has 9 nitrogen and oxygen atoms in total. The number of carbonyl (C=O) groups excluding carboxylic acids is 2. The molecule has 0 heterocycles. The molecule has 0 radical (unpaired) electrons. The van der Waals surface area contributed by atoms with Gasteiger partial charge >= 0.3 is 18.2 Å². The summed E-state index contributed by atoms with van der Waals surface area (Å²) in [6, 6.07) is 29.3. The summed E-state index contributed by atoms with van der Waals surface area (Å²) in [5, 5.41) is 4.05. The lowest BCUT2D eigenvalue weighted by atomic mass is 10.2. The average Bonchev–Trinajstić information content (AvgIpc) is 3.00. The Labute approximate surface area is 238 Å². The van der Waals surface area contributed by atoms with Gasteiger partial charge in [0, 0.05) is 0 Å². The first-order chi connectivity index (χ1) is 20.1. The normalized spacial score (nSPS) is 10.7. The summed E-state index contributed by atoms with van der Waals surface area (Å²) in [7, 11) is 0. The minimum atomic E-state index is -1.29. The van der Waals surface area contributed by atoms with E-state index in [0.29, 0.717) is 47.3 Å². The van der Waals surface area contributed by atoms with Crippen LogP contribution in [0.5, 0.6) is 28.7 Å². The lowest BCUT2D eigenvalue weighted by molar-refractivity contribution is -0.140.